The highest BCUT2D eigenvalue weighted by molar-refractivity contribution is 5.93. The highest BCUT2D eigenvalue weighted by atomic mass is 16.6. The molecule has 1 aliphatic rings. The van der Waals surface area contributed by atoms with Gasteiger partial charge in [-0.2, -0.15) is 0 Å². The van der Waals surface area contributed by atoms with E-state index in [1.807, 2.05) is 51.1 Å². The lowest BCUT2D eigenvalue weighted by molar-refractivity contribution is -0.113. The van der Waals surface area contributed by atoms with Crippen molar-refractivity contribution in [2.75, 3.05) is 6.54 Å². The van der Waals surface area contributed by atoms with Gasteiger partial charge in [-0.1, -0.05) is 36.9 Å². The summed E-state index contributed by atoms with van der Waals surface area (Å²) < 4.78 is 11.6. The first-order chi connectivity index (χ1) is 16.5. The van der Waals surface area contributed by atoms with Crippen molar-refractivity contribution < 1.29 is 19.1 Å². The van der Waals surface area contributed by atoms with Gasteiger partial charge in [0.05, 0.1) is 5.69 Å². The van der Waals surface area contributed by atoms with Gasteiger partial charge in [0.1, 0.15) is 18.0 Å². The summed E-state index contributed by atoms with van der Waals surface area (Å²) in [4.78, 5) is 30.2. The Bertz CT molecular complexity index is 1160. The number of hydrogen-bond acceptors (Lipinski definition) is 5. The average Bonchev–Trinajstić information content (AvgIpc) is 2.82. The number of carbonyl (C=O) groups excluding carboxylic acids is 2. The molecule has 1 amide bonds. The minimum Gasteiger partial charge on any atom is -0.487 e. The minimum atomic E-state index is -0.522. The Labute approximate surface area is 208 Å². The van der Waals surface area contributed by atoms with Crippen LogP contribution in [-0.2, 0) is 33.8 Å². The smallest absolute Gasteiger partial charge is 0.410 e. The highest BCUT2D eigenvalue weighted by Gasteiger charge is 2.26. The summed E-state index contributed by atoms with van der Waals surface area (Å²) in [6, 6.07) is 11.8. The molecule has 0 radical (unpaired) electrons. The van der Waals surface area contributed by atoms with E-state index in [0.717, 1.165) is 23.2 Å². The van der Waals surface area contributed by atoms with Crippen LogP contribution in [0.5, 0.6) is 0 Å². The largest absolute Gasteiger partial charge is 0.487 e. The van der Waals surface area contributed by atoms with Crippen molar-refractivity contribution in [1.82, 2.24) is 9.88 Å². The maximum absolute atomic E-state index is 12.5. The molecule has 1 aliphatic heterocycles. The number of pyridine rings is 1. The maximum Gasteiger partial charge on any atom is 0.410 e. The summed E-state index contributed by atoms with van der Waals surface area (Å²) in [6.07, 6.45) is 5.69. The van der Waals surface area contributed by atoms with E-state index < -0.39 is 5.60 Å². The van der Waals surface area contributed by atoms with Gasteiger partial charge >= 0.3 is 6.09 Å². The summed E-state index contributed by atoms with van der Waals surface area (Å²) in [5, 5.41) is 0. The first kappa shape index (κ1) is 25.9. The van der Waals surface area contributed by atoms with Crippen LogP contribution in [0.4, 0.5) is 4.79 Å². The number of nitrogens with zero attached hydrogens (tertiary/aromatic N) is 2. The summed E-state index contributed by atoms with van der Waals surface area (Å²) >= 11 is 0. The molecule has 3 rings (SSSR count). The molecule has 2 aromatic rings. The Balaban J connectivity index is 1.80. The van der Waals surface area contributed by atoms with Crippen LogP contribution in [0.3, 0.4) is 0 Å². The van der Waals surface area contributed by atoms with Gasteiger partial charge in [0.25, 0.3) is 0 Å². The molecule has 35 heavy (non-hydrogen) atoms. The quantitative estimate of drug-likeness (QED) is 0.279. The number of Topliss-reactive ketones (excluding diaryl/α,β-unsaturated/α-hetero) is 1. The SMILES string of the molecule is C=C(/C(=C\C=C(/C)C(C)=O)OCc1ccccn1)c1ccc2c(c1)CCN(C(=O)OC(C)(C)C)C2. The molecule has 0 fully saturated rings. The van der Waals surface area contributed by atoms with Gasteiger partial charge in [-0.3, -0.25) is 9.78 Å². The van der Waals surface area contributed by atoms with Crippen LogP contribution in [0, 0.1) is 0 Å². The van der Waals surface area contributed by atoms with Crippen molar-refractivity contribution in [2.24, 2.45) is 0 Å². The molecule has 0 spiro atoms. The fourth-order valence-electron chi connectivity index (χ4n) is 3.55. The lowest BCUT2D eigenvalue weighted by Gasteiger charge is -2.31. The van der Waals surface area contributed by atoms with Gasteiger partial charge < -0.3 is 14.4 Å². The molecule has 0 saturated carbocycles. The number of fused-ring (bicyclic) bond motifs is 1. The molecule has 0 N–H and O–H groups in total. The topological polar surface area (TPSA) is 68.7 Å². The normalized spacial score (nSPS) is 14.3. The first-order valence-electron chi connectivity index (χ1n) is 11.7. The zero-order chi connectivity index (χ0) is 25.6. The van der Waals surface area contributed by atoms with E-state index in [1.165, 1.54) is 12.5 Å². The second kappa shape index (κ2) is 11.2. The van der Waals surface area contributed by atoms with Crippen molar-refractivity contribution in [3.8, 4) is 0 Å². The van der Waals surface area contributed by atoms with Crippen LogP contribution >= 0.6 is 0 Å². The Morgan fingerprint density at radius 2 is 1.89 bits per heavy atom. The lowest BCUT2D eigenvalue weighted by atomic mass is 9.94. The summed E-state index contributed by atoms with van der Waals surface area (Å²) in [5.41, 5.74) is 4.80. The van der Waals surface area contributed by atoms with E-state index in [9.17, 15) is 9.59 Å². The first-order valence-corrected chi connectivity index (χ1v) is 11.7. The van der Waals surface area contributed by atoms with Gasteiger partial charge in [0, 0.05) is 24.9 Å². The Hall–Kier alpha value is -3.67. The van der Waals surface area contributed by atoms with Crippen molar-refractivity contribution >= 4 is 17.4 Å². The number of carbonyl (C=O) groups is 2. The minimum absolute atomic E-state index is 0.000685. The third-order valence-corrected chi connectivity index (χ3v) is 5.66. The van der Waals surface area contributed by atoms with Crippen molar-refractivity contribution in [3.05, 3.63) is 95.0 Å². The molecule has 0 atom stereocenters. The molecule has 0 unspecified atom stereocenters. The van der Waals surface area contributed by atoms with Crippen LogP contribution in [0.15, 0.2) is 72.7 Å². The molecule has 0 aliphatic carbocycles. The molecule has 6 nitrogen and oxygen atoms in total. The second-order valence-corrected chi connectivity index (χ2v) is 9.66. The summed E-state index contributed by atoms with van der Waals surface area (Å²) in [6.45, 7) is 14.6. The number of amides is 1. The number of hydrogen-bond donors (Lipinski definition) is 0. The van der Waals surface area contributed by atoms with Gasteiger partial charge in [-0.05, 0) is 81.5 Å². The average molecular weight is 475 g/mol. The van der Waals surface area contributed by atoms with E-state index in [1.54, 1.807) is 30.2 Å². The number of rotatable bonds is 7. The molecule has 1 aromatic heterocycles. The van der Waals surface area contributed by atoms with E-state index >= 15 is 0 Å². The van der Waals surface area contributed by atoms with Gasteiger partial charge in [-0.15, -0.1) is 0 Å². The molecule has 184 valence electrons. The second-order valence-electron chi connectivity index (χ2n) is 9.66. The molecular formula is C29H34N2O4. The number of benzene rings is 1. The third-order valence-electron chi connectivity index (χ3n) is 5.66. The van der Waals surface area contributed by atoms with Crippen LogP contribution in [0.1, 0.15) is 57.0 Å². The van der Waals surface area contributed by atoms with Gasteiger partial charge in [0.2, 0.25) is 0 Å². The molecule has 1 aromatic carbocycles. The number of aromatic nitrogens is 1. The van der Waals surface area contributed by atoms with Crippen molar-refractivity contribution in [3.63, 3.8) is 0 Å². The molecule has 0 bridgehead atoms. The zero-order valence-corrected chi connectivity index (χ0v) is 21.3. The number of ether oxygens (including phenoxy) is 2. The monoisotopic (exact) mass is 474 g/mol. The van der Waals surface area contributed by atoms with Crippen LogP contribution < -0.4 is 0 Å². The van der Waals surface area contributed by atoms with Crippen molar-refractivity contribution in [1.29, 1.82) is 0 Å². The van der Waals surface area contributed by atoms with Crippen molar-refractivity contribution in [2.45, 2.75) is 59.8 Å². The standard InChI is InChI=1S/C29H34N2O4/c1-20(22(3)32)10-13-27(34-19-26-9-7-8-15-30-26)21(2)23-11-12-25-18-31(16-14-24(25)17-23)28(33)35-29(4,5)6/h7-13,15,17H,2,14,16,18-19H2,1,3-6H3/b20-10+,27-13+. The van der Waals surface area contributed by atoms with Gasteiger partial charge in [0.15, 0.2) is 5.78 Å². The fraction of sp³-hybridized carbons (Fsp3) is 0.345. The van der Waals surface area contributed by atoms with E-state index in [2.05, 4.69) is 17.6 Å². The lowest BCUT2D eigenvalue weighted by Crippen LogP contribution is -2.39. The van der Waals surface area contributed by atoms with E-state index in [4.69, 9.17) is 9.47 Å². The molecular weight excluding hydrogens is 440 g/mol. The summed E-state index contributed by atoms with van der Waals surface area (Å²) in [5.74, 6) is 0.571. The Morgan fingerprint density at radius 1 is 1.11 bits per heavy atom. The fourth-order valence-corrected chi connectivity index (χ4v) is 3.55. The van der Waals surface area contributed by atoms with E-state index in [-0.39, 0.29) is 18.5 Å². The predicted molar refractivity (Wildman–Crippen MR) is 137 cm³/mol. The highest BCUT2D eigenvalue weighted by Crippen LogP contribution is 2.28. The van der Waals surface area contributed by atoms with Crippen LogP contribution in [-0.4, -0.2) is 33.9 Å². The molecule has 0 saturated heterocycles. The van der Waals surface area contributed by atoms with E-state index in [0.29, 0.717) is 30.0 Å². The Morgan fingerprint density at radius 3 is 2.54 bits per heavy atom. The molecule has 6 heteroatoms. The zero-order valence-electron chi connectivity index (χ0n) is 21.3. The predicted octanol–water partition coefficient (Wildman–Crippen LogP) is 6.02. The molecule has 2 heterocycles. The van der Waals surface area contributed by atoms with Crippen LogP contribution in [0.2, 0.25) is 0 Å². The third kappa shape index (κ3) is 7.41. The summed E-state index contributed by atoms with van der Waals surface area (Å²) in [7, 11) is 0. The number of ketones is 1. The Kier molecular flexibility index (Phi) is 8.28. The van der Waals surface area contributed by atoms with Gasteiger partial charge in [-0.25, -0.2) is 4.79 Å². The maximum atomic E-state index is 12.5. The number of allylic oxidation sites excluding steroid dienone is 4. The van der Waals surface area contributed by atoms with Crippen LogP contribution in [0.25, 0.3) is 5.57 Å².